The van der Waals surface area contributed by atoms with Crippen molar-refractivity contribution in [3.63, 3.8) is 0 Å². The molecule has 2 aliphatic carbocycles. The van der Waals surface area contributed by atoms with E-state index in [1.807, 2.05) is 0 Å². The van der Waals surface area contributed by atoms with E-state index in [4.69, 9.17) is 0 Å². The first-order valence-electron chi connectivity index (χ1n) is 9.37. The van der Waals surface area contributed by atoms with Crippen LogP contribution in [-0.2, 0) is 11.2 Å². The van der Waals surface area contributed by atoms with Gasteiger partial charge in [-0.05, 0) is 49.5 Å². The van der Waals surface area contributed by atoms with Gasteiger partial charge in [0, 0.05) is 17.1 Å². The smallest absolute Gasteiger partial charge is 0.306 e. The average Bonchev–Trinajstić information content (AvgIpc) is 3.37. The van der Waals surface area contributed by atoms with Gasteiger partial charge in [-0.15, -0.1) is 0 Å². The van der Waals surface area contributed by atoms with Crippen molar-refractivity contribution in [2.24, 2.45) is 23.7 Å². The van der Waals surface area contributed by atoms with Crippen molar-refractivity contribution in [3.05, 3.63) is 42.0 Å². The largest absolute Gasteiger partial charge is 0.481 e. The Morgan fingerprint density at radius 3 is 2.86 bits per heavy atom. The van der Waals surface area contributed by atoms with Gasteiger partial charge in [-0.25, -0.2) is 23.7 Å². The van der Waals surface area contributed by atoms with Crippen LogP contribution in [0, 0.1) is 35.3 Å². The summed E-state index contributed by atoms with van der Waals surface area (Å²) in [5.41, 5.74) is 1.34. The molecule has 3 heterocycles. The molecule has 4 atom stereocenters. The highest BCUT2D eigenvalue weighted by molar-refractivity contribution is 5.91. The Balaban J connectivity index is 1.47. The van der Waals surface area contributed by atoms with Crippen molar-refractivity contribution < 1.29 is 18.7 Å². The Kier molecular flexibility index (Phi) is 3.89. The van der Waals surface area contributed by atoms with E-state index in [1.54, 1.807) is 6.20 Å². The molecule has 0 aliphatic heterocycles. The maximum absolute atomic E-state index is 14.4. The van der Waals surface area contributed by atoms with Crippen LogP contribution in [0.3, 0.4) is 0 Å². The molecule has 0 amide bonds. The topological polar surface area (TPSA) is 91.8 Å². The first kappa shape index (κ1) is 17.2. The lowest BCUT2D eigenvalue weighted by molar-refractivity contribution is -0.144. The van der Waals surface area contributed by atoms with Crippen LogP contribution in [0.25, 0.3) is 22.4 Å². The normalized spacial score (nSPS) is 26.2. The van der Waals surface area contributed by atoms with Gasteiger partial charge in [0.25, 0.3) is 0 Å². The number of aromatic amines is 1. The highest BCUT2D eigenvalue weighted by atomic mass is 19.1. The molecule has 4 unspecified atom stereocenters. The quantitative estimate of drug-likeness (QED) is 0.717. The molecule has 2 fully saturated rings. The van der Waals surface area contributed by atoms with Gasteiger partial charge in [0.15, 0.2) is 11.6 Å². The van der Waals surface area contributed by atoms with Crippen molar-refractivity contribution in [3.8, 4) is 11.4 Å². The average molecular weight is 384 g/mol. The summed E-state index contributed by atoms with van der Waals surface area (Å²) in [6, 6.07) is 1.34. The number of carboxylic acid groups (broad SMARTS) is 1. The predicted molar refractivity (Wildman–Crippen MR) is 96.2 cm³/mol. The van der Waals surface area contributed by atoms with Crippen molar-refractivity contribution in [2.45, 2.75) is 25.7 Å². The van der Waals surface area contributed by atoms with E-state index in [-0.39, 0.29) is 23.4 Å². The van der Waals surface area contributed by atoms with Crippen LogP contribution in [0.2, 0.25) is 0 Å². The summed E-state index contributed by atoms with van der Waals surface area (Å²) in [6.07, 6.45) is 6.80. The van der Waals surface area contributed by atoms with Crippen molar-refractivity contribution in [1.29, 1.82) is 0 Å². The number of nitrogens with one attached hydrogen (secondary N) is 1. The van der Waals surface area contributed by atoms with Gasteiger partial charge in [0.1, 0.15) is 11.5 Å². The summed E-state index contributed by atoms with van der Waals surface area (Å²) in [6.45, 7) is 0. The van der Waals surface area contributed by atoms with Crippen molar-refractivity contribution >= 4 is 17.0 Å². The fraction of sp³-hybridized carbons (Fsp3) is 0.400. The van der Waals surface area contributed by atoms with Crippen molar-refractivity contribution in [2.75, 3.05) is 0 Å². The molecule has 3 aromatic heterocycles. The number of aromatic nitrogens is 4. The Labute approximate surface area is 159 Å². The standard InChI is InChI=1S/C20H18F2N4O2/c21-11-5-13-15(7-24-18(13)23-6-11)19-25-8-16(22)17(26-19)4-10-1-9-2-12(10)14(3-9)20(27)28/h5-10,12,14H,1-4H2,(H,23,24)(H,27,28). The van der Waals surface area contributed by atoms with Gasteiger partial charge in [-0.2, -0.15) is 0 Å². The number of pyridine rings is 1. The summed E-state index contributed by atoms with van der Waals surface area (Å²) in [5, 5.41) is 9.96. The molecule has 5 rings (SSSR count). The van der Waals surface area contributed by atoms with E-state index in [0.717, 1.165) is 31.7 Å². The molecule has 28 heavy (non-hydrogen) atoms. The Hall–Kier alpha value is -2.90. The molecule has 2 N–H and O–H groups in total. The Morgan fingerprint density at radius 2 is 2.07 bits per heavy atom. The molecule has 3 aromatic rings. The number of rotatable bonds is 4. The molecule has 0 radical (unpaired) electrons. The van der Waals surface area contributed by atoms with E-state index in [9.17, 15) is 18.7 Å². The summed E-state index contributed by atoms with van der Waals surface area (Å²) < 4.78 is 28.0. The summed E-state index contributed by atoms with van der Waals surface area (Å²) in [5.74, 6) is -1.17. The minimum atomic E-state index is -0.755. The highest BCUT2D eigenvalue weighted by Gasteiger charge is 2.49. The number of hydrogen-bond donors (Lipinski definition) is 2. The van der Waals surface area contributed by atoms with Crippen LogP contribution in [0.15, 0.2) is 24.7 Å². The molecule has 2 saturated carbocycles. The molecular formula is C20H18F2N4O2. The molecule has 8 heteroatoms. The van der Waals surface area contributed by atoms with Crippen LogP contribution in [0.5, 0.6) is 0 Å². The van der Waals surface area contributed by atoms with E-state index < -0.39 is 17.6 Å². The SMILES string of the molecule is O=C(O)C1CC2CC(Cc3nc(-c4c[nH]c5ncc(F)cc45)ncc3F)C1C2. The number of fused-ring (bicyclic) bond motifs is 3. The molecule has 2 bridgehead atoms. The van der Waals surface area contributed by atoms with Gasteiger partial charge < -0.3 is 10.1 Å². The third-order valence-electron chi connectivity index (χ3n) is 6.28. The maximum atomic E-state index is 14.4. The Morgan fingerprint density at radius 1 is 1.21 bits per heavy atom. The van der Waals surface area contributed by atoms with Crippen LogP contribution in [-0.4, -0.2) is 31.0 Å². The zero-order chi connectivity index (χ0) is 19.4. The van der Waals surface area contributed by atoms with Gasteiger partial charge in [0.2, 0.25) is 0 Å². The molecule has 144 valence electrons. The molecule has 0 spiro atoms. The first-order valence-corrected chi connectivity index (χ1v) is 9.37. The van der Waals surface area contributed by atoms with Gasteiger partial charge in [0.05, 0.1) is 24.0 Å². The summed E-state index contributed by atoms with van der Waals surface area (Å²) in [4.78, 5) is 26.9. The Bertz CT molecular complexity index is 1080. The zero-order valence-corrected chi connectivity index (χ0v) is 14.9. The number of carboxylic acids is 1. The fourth-order valence-electron chi connectivity index (χ4n) is 5.10. The lowest BCUT2D eigenvalue weighted by Crippen LogP contribution is -2.28. The minimum Gasteiger partial charge on any atom is -0.481 e. The lowest BCUT2D eigenvalue weighted by Gasteiger charge is -2.26. The molecule has 0 aromatic carbocycles. The number of hydrogen-bond acceptors (Lipinski definition) is 4. The van der Waals surface area contributed by atoms with Crippen LogP contribution >= 0.6 is 0 Å². The van der Waals surface area contributed by atoms with E-state index in [2.05, 4.69) is 19.9 Å². The van der Waals surface area contributed by atoms with Gasteiger partial charge >= 0.3 is 5.97 Å². The third-order valence-corrected chi connectivity index (χ3v) is 6.28. The molecule has 6 nitrogen and oxygen atoms in total. The molecule has 2 aliphatic rings. The second-order valence-corrected chi connectivity index (χ2v) is 7.89. The number of carbonyl (C=O) groups is 1. The van der Waals surface area contributed by atoms with Crippen molar-refractivity contribution in [1.82, 2.24) is 19.9 Å². The first-order chi connectivity index (χ1) is 13.5. The number of aliphatic carboxylic acids is 1. The lowest BCUT2D eigenvalue weighted by atomic mass is 9.78. The molecular weight excluding hydrogens is 366 g/mol. The van der Waals surface area contributed by atoms with Gasteiger partial charge in [-0.3, -0.25) is 4.79 Å². The third kappa shape index (κ3) is 2.75. The zero-order valence-electron chi connectivity index (χ0n) is 14.9. The van der Waals surface area contributed by atoms with E-state index >= 15 is 0 Å². The highest BCUT2D eigenvalue weighted by Crippen LogP contribution is 2.52. The summed E-state index contributed by atoms with van der Waals surface area (Å²) in [7, 11) is 0. The predicted octanol–water partition coefficient (Wildman–Crippen LogP) is 3.59. The second kappa shape index (κ2) is 6.32. The van der Waals surface area contributed by atoms with Crippen LogP contribution in [0.4, 0.5) is 8.78 Å². The van der Waals surface area contributed by atoms with E-state index in [1.165, 1.54) is 6.07 Å². The number of nitrogens with zero attached hydrogens (tertiary/aromatic N) is 3. The summed E-state index contributed by atoms with van der Waals surface area (Å²) >= 11 is 0. The maximum Gasteiger partial charge on any atom is 0.306 e. The minimum absolute atomic E-state index is 0.0756. The monoisotopic (exact) mass is 384 g/mol. The fourth-order valence-corrected chi connectivity index (χ4v) is 5.10. The second-order valence-electron chi connectivity index (χ2n) is 7.89. The number of H-pyrrole nitrogens is 1. The van der Waals surface area contributed by atoms with Crippen LogP contribution < -0.4 is 0 Å². The molecule has 0 saturated heterocycles. The number of halogens is 2. The van der Waals surface area contributed by atoms with E-state index in [0.29, 0.717) is 34.8 Å². The van der Waals surface area contributed by atoms with Crippen LogP contribution in [0.1, 0.15) is 25.0 Å². The van der Waals surface area contributed by atoms with Gasteiger partial charge in [-0.1, -0.05) is 0 Å².